The van der Waals surface area contributed by atoms with Crippen molar-refractivity contribution >= 4 is 32.6 Å². The van der Waals surface area contributed by atoms with E-state index in [4.69, 9.17) is 19.9 Å². The number of nitrogens with zero attached hydrogens (tertiary/aromatic N) is 5. The monoisotopic (exact) mass is 537 g/mol. The van der Waals surface area contributed by atoms with Crippen LogP contribution in [0.5, 0.6) is 0 Å². The molecular formula is C37H23N5. The van der Waals surface area contributed by atoms with Crippen LogP contribution in [0.3, 0.4) is 0 Å². The molecule has 0 saturated carbocycles. The fourth-order valence-corrected chi connectivity index (χ4v) is 5.42. The Balaban J connectivity index is 1.21. The largest absolute Gasteiger partial charge is 0.256 e. The van der Waals surface area contributed by atoms with E-state index in [2.05, 4.69) is 71.7 Å². The minimum atomic E-state index is 0.631. The standard InChI is InChI=1S/C37H23N5/c1-3-8-27(9-4-1)35-40-36(28-10-5-2-6-11-28)42-37(41-35)29-15-13-24(14-16-29)32-22-19-26-18-20-30-31(34(26)39-32)21-17-25-12-7-23-38-33(25)30/h1-23H. The summed E-state index contributed by atoms with van der Waals surface area (Å²) >= 11 is 0. The van der Waals surface area contributed by atoms with Crippen molar-refractivity contribution in [1.29, 1.82) is 0 Å². The van der Waals surface area contributed by atoms with Gasteiger partial charge in [0.2, 0.25) is 0 Å². The molecule has 0 saturated heterocycles. The molecule has 0 N–H and O–H groups in total. The summed E-state index contributed by atoms with van der Waals surface area (Å²) in [7, 11) is 0. The lowest BCUT2D eigenvalue weighted by molar-refractivity contribution is 1.07. The Labute approximate surface area is 242 Å². The van der Waals surface area contributed by atoms with Crippen LogP contribution in [0, 0.1) is 0 Å². The van der Waals surface area contributed by atoms with Crippen LogP contribution in [0.1, 0.15) is 0 Å². The maximum atomic E-state index is 5.12. The molecule has 5 heteroatoms. The number of fused-ring (bicyclic) bond motifs is 5. The zero-order valence-electron chi connectivity index (χ0n) is 22.5. The molecule has 0 amide bonds. The van der Waals surface area contributed by atoms with E-state index >= 15 is 0 Å². The Morgan fingerprint density at radius 2 is 0.833 bits per heavy atom. The highest BCUT2D eigenvalue weighted by Crippen LogP contribution is 2.32. The van der Waals surface area contributed by atoms with Gasteiger partial charge in [0.15, 0.2) is 17.5 Å². The van der Waals surface area contributed by atoms with Crippen molar-refractivity contribution in [3.63, 3.8) is 0 Å². The molecular weight excluding hydrogens is 514 g/mol. The molecule has 3 heterocycles. The molecule has 0 atom stereocenters. The molecule has 5 nitrogen and oxygen atoms in total. The van der Waals surface area contributed by atoms with Crippen molar-refractivity contribution < 1.29 is 0 Å². The van der Waals surface area contributed by atoms with Crippen molar-refractivity contribution in [1.82, 2.24) is 24.9 Å². The fraction of sp³-hybridized carbons (Fsp3) is 0. The van der Waals surface area contributed by atoms with Gasteiger partial charge in [0.05, 0.1) is 16.7 Å². The number of hydrogen-bond donors (Lipinski definition) is 0. The summed E-state index contributed by atoms with van der Waals surface area (Å²) in [5.41, 5.74) is 6.72. The van der Waals surface area contributed by atoms with Gasteiger partial charge in [-0.2, -0.15) is 0 Å². The Bertz CT molecular complexity index is 2170. The molecule has 3 aromatic heterocycles. The number of aromatic nitrogens is 5. The number of benzene rings is 5. The van der Waals surface area contributed by atoms with Crippen molar-refractivity contribution in [2.24, 2.45) is 0 Å². The predicted octanol–water partition coefficient (Wildman–Crippen LogP) is 8.79. The highest BCUT2D eigenvalue weighted by atomic mass is 15.0. The van der Waals surface area contributed by atoms with E-state index < -0.39 is 0 Å². The number of rotatable bonds is 4. The molecule has 8 aromatic rings. The Morgan fingerprint density at radius 3 is 1.45 bits per heavy atom. The van der Waals surface area contributed by atoms with Gasteiger partial charge < -0.3 is 0 Å². The van der Waals surface area contributed by atoms with Gasteiger partial charge in [-0.3, -0.25) is 4.98 Å². The van der Waals surface area contributed by atoms with Crippen molar-refractivity contribution in [3.05, 3.63) is 140 Å². The summed E-state index contributed by atoms with van der Waals surface area (Å²) in [6.07, 6.45) is 1.84. The van der Waals surface area contributed by atoms with Crippen LogP contribution < -0.4 is 0 Å². The average Bonchev–Trinajstić information content (AvgIpc) is 3.08. The smallest absolute Gasteiger partial charge is 0.164 e. The molecule has 8 rings (SSSR count). The van der Waals surface area contributed by atoms with E-state index in [1.165, 1.54) is 0 Å². The van der Waals surface area contributed by atoms with Crippen molar-refractivity contribution in [3.8, 4) is 45.4 Å². The first-order chi connectivity index (χ1) is 20.8. The van der Waals surface area contributed by atoms with Crippen molar-refractivity contribution in [2.75, 3.05) is 0 Å². The zero-order chi connectivity index (χ0) is 27.9. The summed E-state index contributed by atoms with van der Waals surface area (Å²) < 4.78 is 0. The first kappa shape index (κ1) is 24.0. The summed E-state index contributed by atoms with van der Waals surface area (Å²) in [6.45, 7) is 0. The molecule has 0 aliphatic heterocycles. The maximum Gasteiger partial charge on any atom is 0.164 e. The molecule has 0 aliphatic carbocycles. The van der Waals surface area contributed by atoms with Gasteiger partial charge in [-0.15, -0.1) is 0 Å². The number of pyridine rings is 2. The topological polar surface area (TPSA) is 64.5 Å². The normalized spacial score (nSPS) is 11.3. The summed E-state index contributed by atoms with van der Waals surface area (Å²) in [5.74, 6) is 1.92. The van der Waals surface area contributed by atoms with Crippen molar-refractivity contribution in [2.45, 2.75) is 0 Å². The van der Waals surface area contributed by atoms with E-state index in [0.29, 0.717) is 17.5 Å². The first-order valence-corrected chi connectivity index (χ1v) is 13.9. The van der Waals surface area contributed by atoms with Gasteiger partial charge in [-0.05, 0) is 12.1 Å². The Kier molecular flexibility index (Phi) is 5.71. The van der Waals surface area contributed by atoms with Crippen LogP contribution in [0.25, 0.3) is 78.0 Å². The third-order valence-electron chi connectivity index (χ3n) is 7.56. The lowest BCUT2D eigenvalue weighted by Gasteiger charge is -2.10. The molecule has 0 spiro atoms. The van der Waals surface area contributed by atoms with Crippen LogP contribution in [-0.2, 0) is 0 Å². The van der Waals surface area contributed by atoms with Crippen LogP contribution in [0.2, 0.25) is 0 Å². The highest BCUT2D eigenvalue weighted by Gasteiger charge is 2.13. The quantitative estimate of drug-likeness (QED) is 0.210. The number of hydrogen-bond acceptors (Lipinski definition) is 5. The van der Waals surface area contributed by atoms with Crippen LogP contribution in [0.15, 0.2) is 140 Å². The molecule has 42 heavy (non-hydrogen) atoms. The lowest BCUT2D eigenvalue weighted by atomic mass is 10.0. The van der Waals surface area contributed by atoms with Gasteiger partial charge >= 0.3 is 0 Å². The third kappa shape index (κ3) is 4.25. The van der Waals surface area contributed by atoms with E-state index in [9.17, 15) is 0 Å². The van der Waals surface area contributed by atoms with Gasteiger partial charge in [0.1, 0.15) is 0 Å². The minimum absolute atomic E-state index is 0.631. The van der Waals surface area contributed by atoms with E-state index in [-0.39, 0.29) is 0 Å². The Morgan fingerprint density at radius 1 is 0.333 bits per heavy atom. The summed E-state index contributed by atoms with van der Waals surface area (Å²) in [5, 5.41) is 4.44. The molecule has 0 fully saturated rings. The molecule has 5 aromatic carbocycles. The molecule has 196 valence electrons. The van der Waals surface area contributed by atoms with Crippen LogP contribution in [0.4, 0.5) is 0 Å². The molecule has 0 unspecified atom stereocenters. The summed E-state index contributed by atoms with van der Waals surface area (Å²) in [4.78, 5) is 24.3. The van der Waals surface area contributed by atoms with Gasteiger partial charge in [0, 0.05) is 50.0 Å². The SMILES string of the molecule is c1ccc(-c2nc(-c3ccccc3)nc(-c3ccc(-c4ccc5ccc6c(ccc7cccnc76)c5n4)cc3)n2)cc1. The minimum Gasteiger partial charge on any atom is -0.256 e. The van der Waals surface area contributed by atoms with Crippen LogP contribution in [-0.4, -0.2) is 24.9 Å². The molecule has 0 aliphatic rings. The van der Waals surface area contributed by atoms with E-state index in [1.54, 1.807) is 0 Å². The average molecular weight is 538 g/mol. The predicted molar refractivity (Wildman–Crippen MR) is 170 cm³/mol. The summed E-state index contributed by atoms with van der Waals surface area (Å²) in [6, 6.07) is 45.1. The van der Waals surface area contributed by atoms with Crippen LogP contribution >= 0.6 is 0 Å². The highest BCUT2D eigenvalue weighted by molar-refractivity contribution is 6.14. The second-order valence-corrected chi connectivity index (χ2v) is 10.2. The fourth-order valence-electron chi connectivity index (χ4n) is 5.42. The second kappa shape index (κ2) is 9.98. The second-order valence-electron chi connectivity index (χ2n) is 10.2. The zero-order valence-corrected chi connectivity index (χ0v) is 22.5. The van der Waals surface area contributed by atoms with Gasteiger partial charge in [0.25, 0.3) is 0 Å². The Hall–Kier alpha value is -5.81. The first-order valence-electron chi connectivity index (χ1n) is 13.9. The van der Waals surface area contributed by atoms with E-state index in [1.807, 2.05) is 72.9 Å². The van der Waals surface area contributed by atoms with E-state index in [0.717, 1.165) is 60.5 Å². The lowest BCUT2D eigenvalue weighted by Crippen LogP contribution is -2.00. The molecule has 0 radical (unpaired) electrons. The third-order valence-corrected chi connectivity index (χ3v) is 7.56. The maximum absolute atomic E-state index is 5.12. The van der Waals surface area contributed by atoms with Gasteiger partial charge in [-0.25, -0.2) is 19.9 Å². The molecule has 0 bridgehead atoms. The van der Waals surface area contributed by atoms with Gasteiger partial charge in [-0.1, -0.05) is 121 Å².